The molecule has 0 radical (unpaired) electrons. The highest BCUT2D eigenvalue weighted by atomic mass is 16.6. The van der Waals surface area contributed by atoms with E-state index in [1.165, 1.54) is 0 Å². The van der Waals surface area contributed by atoms with Crippen molar-refractivity contribution in [1.82, 2.24) is 14.1 Å². The topological polar surface area (TPSA) is 166 Å². The number of fused-ring (bicyclic) bond motifs is 2. The number of hydrogen-bond acceptors (Lipinski definition) is 11. The van der Waals surface area contributed by atoms with Crippen LogP contribution in [0.25, 0.3) is 22.6 Å². The van der Waals surface area contributed by atoms with Gasteiger partial charge in [0.1, 0.15) is 18.7 Å². The number of carbonyl (C=O) groups excluding carboxylic acids is 4. The number of carbonyl (C=O) groups is 4. The van der Waals surface area contributed by atoms with Crippen LogP contribution < -0.4 is 15.8 Å². The van der Waals surface area contributed by atoms with Gasteiger partial charge in [-0.05, 0) is 43.5 Å². The van der Waals surface area contributed by atoms with Crippen molar-refractivity contribution in [2.75, 3.05) is 6.61 Å². The molecule has 2 aromatic carbocycles. The van der Waals surface area contributed by atoms with Crippen molar-refractivity contribution in [3.8, 4) is 11.5 Å². The average Bonchev–Trinajstić information content (AvgIpc) is 3.01. The Labute approximate surface area is 276 Å². The zero-order chi connectivity index (χ0) is 35.3. The Morgan fingerprint density at radius 3 is 2.00 bits per heavy atom. The second kappa shape index (κ2) is 15.0. The fourth-order valence-electron chi connectivity index (χ4n) is 5.60. The molecule has 0 saturated heterocycles. The highest BCUT2D eigenvalue weighted by molar-refractivity contribution is 5.77. The monoisotopic (exact) mass is 663 g/mol. The van der Waals surface area contributed by atoms with E-state index < -0.39 is 60.0 Å². The van der Waals surface area contributed by atoms with Crippen molar-refractivity contribution in [1.29, 1.82) is 0 Å². The number of esters is 4. The second-order valence-corrected chi connectivity index (χ2v) is 11.4. The molecular formula is C34H39N4O10+. The number of hydrogen-bond donors (Lipinski definition) is 0. The van der Waals surface area contributed by atoms with Crippen molar-refractivity contribution in [2.45, 2.75) is 86.4 Å². The zero-order valence-electron chi connectivity index (χ0n) is 28.0. The first kappa shape index (κ1) is 35.5. The lowest BCUT2D eigenvalue weighted by molar-refractivity contribution is -0.658. The summed E-state index contributed by atoms with van der Waals surface area (Å²) >= 11 is 0. The van der Waals surface area contributed by atoms with Gasteiger partial charge in [-0.1, -0.05) is 30.3 Å². The molecule has 0 amide bonds. The molecule has 254 valence electrons. The van der Waals surface area contributed by atoms with Crippen LogP contribution in [0, 0.1) is 13.8 Å². The predicted molar refractivity (Wildman–Crippen MR) is 171 cm³/mol. The predicted octanol–water partition coefficient (Wildman–Crippen LogP) is 1.99. The van der Waals surface area contributed by atoms with E-state index in [1.54, 1.807) is 33.4 Å². The van der Waals surface area contributed by atoms with Gasteiger partial charge in [0.2, 0.25) is 11.3 Å². The van der Waals surface area contributed by atoms with Gasteiger partial charge in [0, 0.05) is 33.8 Å². The largest absolute Gasteiger partial charge is 0.462 e. The van der Waals surface area contributed by atoms with Crippen LogP contribution in [0.4, 0.5) is 0 Å². The normalized spacial score (nSPS) is 13.1. The molecular weight excluding hydrogens is 624 g/mol. The van der Waals surface area contributed by atoms with Crippen LogP contribution in [-0.2, 0) is 57.8 Å². The number of ether oxygens (including phenoxy) is 4. The molecule has 0 unspecified atom stereocenters. The van der Waals surface area contributed by atoms with E-state index >= 15 is 0 Å². The summed E-state index contributed by atoms with van der Waals surface area (Å²) in [5.41, 5.74) is 2.42. The van der Waals surface area contributed by atoms with Crippen molar-refractivity contribution in [3.05, 3.63) is 80.0 Å². The van der Waals surface area contributed by atoms with Crippen LogP contribution in [-0.4, -0.2) is 62.9 Å². The van der Waals surface area contributed by atoms with Gasteiger partial charge in [-0.3, -0.25) is 24.0 Å². The van der Waals surface area contributed by atoms with Gasteiger partial charge in [-0.2, -0.15) is 9.55 Å². The summed E-state index contributed by atoms with van der Waals surface area (Å²) in [7, 11) is 0. The van der Waals surface area contributed by atoms with E-state index in [0.717, 1.165) is 49.0 Å². The molecule has 2 aromatic rings. The first-order valence-electron chi connectivity index (χ1n) is 15.4. The number of rotatable bonds is 12. The Hall–Kier alpha value is -5.40. The van der Waals surface area contributed by atoms with Crippen LogP contribution in [0.15, 0.2) is 52.1 Å². The summed E-state index contributed by atoms with van der Waals surface area (Å²) in [5.74, 6) is -3.05. The summed E-state index contributed by atoms with van der Waals surface area (Å²) in [4.78, 5) is 80.9. The summed E-state index contributed by atoms with van der Waals surface area (Å²) in [5, 5.41) is 0. The standard InChI is InChI=1S/C34H39N4O10/c1-8-36-26-14-19(2)20(3)15-27(26)37(32-30(36)33(43)38(34(44)35-32)16-25-12-10-9-11-13-25)17-28(46-22(5)40)31(48-24(7)42)29(47-23(6)41)18-45-21(4)39/h9-15,28-29,31H,8,16-18H2,1-7H3/q+1/t28-,29+,31-/m0/s1. The van der Waals surface area contributed by atoms with Gasteiger partial charge in [0.05, 0.1) is 13.1 Å². The smallest absolute Gasteiger partial charge is 0.353 e. The van der Waals surface area contributed by atoms with E-state index in [4.69, 9.17) is 18.9 Å². The molecule has 3 atom stereocenters. The molecule has 0 fully saturated rings. The Bertz CT molecular complexity index is 1950. The Balaban J connectivity index is 2.04. The molecule has 2 aliphatic rings. The van der Waals surface area contributed by atoms with Crippen LogP contribution in [0.2, 0.25) is 0 Å². The third-order valence-corrected chi connectivity index (χ3v) is 7.77. The van der Waals surface area contributed by atoms with E-state index in [1.807, 2.05) is 39.0 Å². The van der Waals surface area contributed by atoms with E-state index in [-0.39, 0.29) is 24.6 Å². The van der Waals surface area contributed by atoms with Gasteiger partial charge in [0.15, 0.2) is 18.3 Å². The maximum absolute atomic E-state index is 14.2. The van der Waals surface area contributed by atoms with E-state index in [0.29, 0.717) is 17.6 Å². The minimum Gasteiger partial charge on any atom is -0.462 e. The summed E-state index contributed by atoms with van der Waals surface area (Å²) in [6.07, 6.45) is -4.26. The Morgan fingerprint density at radius 1 is 0.812 bits per heavy atom. The fraction of sp³-hybridized carbons (Fsp3) is 0.412. The minimum atomic E-state index is -1.48. The zero-order valence-corrected chi connectivity index (χ0v) is 28.0. The molecule has 0 spiro atoms. The fourth-order valence-corrected chi connectivity index (χ4v) is 5.60. The lowest BCUT2D eigenvalue weighted by Crippen LogP contribution is -2.51. The lowest BCUT2D eigenvalue weighted by Gasteiger charge is -2.32. The molecule has 2 aliphatic heterocycles. The molecule has 0 N–H and O–H groups in total. The molecule has 14 nitrogen and oxygen atoms in total. The van der Waals surface area contributed by atoms with E-state index in [9.17, 15) is 28.8 Å². The molecule has 0 aromatic heterocycles. The molecule has 2 heterocycles. The Kier molecular flexibility index (Phi) is 11.1. The molecule has 4 rings (SSSR count). The van der Waals surface area contributed by atoms with Crippen molar-refractivity contribution < 1.29 is 42.7 Å². The third-order valence-electron chi connectivity index (χ3n) is 7.77. The summed E-state index contributed by atoms with van der Waals surface area (Å²) in [6, 6.07) is 12.8. The van der Waals surface area contributed by atoms with Gasteiger partial charge in [-0.15, -0.1) is 0 Å². The van der Waals surface area contributed by atoms with Gasteiger partial charge < -0.3 is 23.5 Å². The van der Waals surface area contributed by atoms with Crippen LogP contribution in [0.1, 0.15) is 51.3 Å². The number of aryl methyl sites for hydroxylation is 3. The van der Waals surface area contributed by atoms with Crippen LogP contribution >= 0.6 is 0 Å². The van der Waals surface area contributed by atoms with E-state index in [2.05, 4.69) is 4.98 Å². The van der Waals surface area contributed by atoms with Gasteiger partial charge in [0.25, 0.3) is 0 Å². The van der Waals surface area contributed by atoms with Crippen molar-refractivity contribution >= 4 is 34.9 Å². The first-order chi connectivity index (χ1) is 22.7. The maximum atomic E-state index is 14.2. The number of benzene rings is 2. The summed E-state index contributed by atoms with van der Waals surface area (Å²) < 4.78 is 26.2. The Morgan fingerprint density at radius 2 is 1.42 bits per heavy atom. The average molecular weight is 664 g/mol. The SMILES string of the molecule is CC[n+]1c2c(=O)n(Cc3ccccc3)c(=O)nc-2n(C[C@H](OC(C)=O)[C@H](OC(C)=O)[C@@H](COC(C)=O)OC(C)=O)c2cc(C)c(C)cc21. The summed E-state index contributed by atoms with van der Waals surface area (Å²) in [6.45, 7) is 9.71. The molecule has 14 heteroatoms. The third kappa shape index (κ3) is 7.93. The first-order valence-corrected chi connectivity index (χ1v) is 15.4. The molecule has 0 aliphatic carbocycles. The quantitative estimate of drug-likeness (QED) is 0.0942. The van der Waals surface area contributed by atoms with Crippen LogP contribution in [0.5, 0.6) is 0 Å². The lowest BCUT2D eigenvalue weighted by atomic mass is 10.0. The molecule has 0 saturated carbocycles. The highest BCUT2D eigenvalue weighted by Gasteiger charge is 2.40. The molecule has 48 heavy (non-hydrogen) atoms. The van der Waals surface area contributed by atoms with Crippen LogP contribution in [0.3, 0.4) is 0 Å². The van der Waals surface area contributed by atoms with Crippen molar-refractivity contribution in [2.24, 2.45) is 0 Å². The van der Waals surface area contributed by atoms with Crippen molar-refractivity contribution in [3.63, 3.8) is 0 Å². The number of aromatic nitrogens is 4. The number of nitrogens with zero attached hydrogens (tertiary/aromatic N) is 4. The maximum Gasteiger partial charge on any atom is 0.353 e. The highest BCUT2D eigenvalue weighted by Crippen LogP contribution is 2.26. The molecule has 0 bridgehead atoms. The van der Waals surface area contributed by atoms with Gasteiger partial charge >= 0.3 is 40.8 Å². The second-order valence-electron chi connectivity index (χ2n) is 11.4. The minimum absolute atomic E-state index is 0.00494. The van der Waals surface area contributed by atoms with Gasteiger partial charge in [-0.25, -0.2) is 9.36 Å².